The molecule has 37 heavy (non-hydrogen) atoms. The van der Waals surface area contributed by atoms with Crippen LogP contribution in [0.3, 0.4) is 0 Å². The van der Waals surface area contributed by atoms with Gasteiger partial charge in [-0.1, -0.05) is 72.8 Å². The zero-order valence-corrected chi connectivity index (χ0v) is 22.9. The van der Waals surface area contributed by atoms with Gasteiger partial charge in [0.05, 0.1) is 46.5 Å². The smallest absolute Gasteiger partial charge is 0.106 e. The van der Waals surface area contributed by atoms with Crippen LogP contribution >= 0.6 is 0 Å². The summed E-state index contributed by atoms with van der Waals surface area (Å²) >= 11 is 0. The fourth-order valence-corrected chi connectivity index (χ4v) is 2.05. The first-order valence-corrected chi connectivity index (χ1v) is 10.1. The SMILES string of the molecule is C=O.C=O.N#Cc1ccccc1.N#Cc1ccccc1.N#Cc1ccccc1.N#Cc1ccccc1.[W]. The van der Waals surface area contributed by atoms with E-state index in [1.54, 1.807) is 48.5 Å². The molecule has 0 aliphatic heterocycles. The molecule has 0 fully saturated rings. The van der Waals surface area contributed by atoms with Crippen molar-refractivity contribution >= 4 is 13.6 Å². The van der Waals surface area contributed by atoms with E-state index in [4.69, 9.17) is 30.6 Å². The number of nitriles is 4. The monoisotopic (exact) mass is 656 g/mol. The van der Waals surface area contributed by atoms with Crippen molar-refractivity contribution in [3.05, 3.63) is 144 Å². The Bertz CT molecular complexity index is 1030. The number of rotatable bonds is 0. The summed E-state index contributed by atoms with van der Waals surface area (Å²) in [5.41, 5.74) is 2.86. The van der Waals surface area contributed by atoms with E-state index >= 15 is 0 Å². The summed E-state index contributed by atoms with van der Waals surface area (Å²) in [7, 11) is 0. The summed E-state index contributed by atoms with van der Waals surface area (Å²) in [5.74, 6) is 0. The zero-order chi connectivity index (χ0) is 27.3. The van der Waals surface area contributed by atoms with Gasteiger partial charge in [0.2, 0.25) is 0 Å². The first-order chi connectivity index (χ1) is 17.7. The molecule has 0 atom stereocenters. The maximum atomic E-state index is 8.29. The quantitative estimate of drug-likeness (QED) is 0.233. The Morgan fingerprint density at radius 2 is 0.486 bits per heavy atom. The van der Waals surface area contributed by atoms with Crippen molar-refractivity contribution in [1.29, 1.82) is 21.0 Å². The van der Waals surface area contributed by atoms with Gasteiger partial charge in [0.1, 0.15) is 13.6 Å². The number of benzene rings is 4. The number of hydrogen-bond acceptors (Lipinski definition) is 6. The maximum absolute atomic E-state index is 8.29. The van der Waals surface area contributed by atoms with Crippen molar-refractivity contribution in [2.45, 2.75) is 0 Å². The minimum absolute atomic E-state index is 0. The Hall–Kier alpha value is -5.13. The molecule has 0 N–H and O–H groups in total. The number of nitrogens with zero attached hydrogens (tertiary/aromatic N) is 4. The van der Waals surface area contributed by atoms with Crippen LogP contribution in [-0.2, 0) is 30.7 Å². The Kier molecular flexibility index (Phi) is 28.5. The normalized spacial score (nSPS) is 7.03. The van der Waals surface area contributed by atoms with E-state index in [9.17, 15) is 0 Å². The molecule has 4 aromatic carbocycles. The number of carbonyl (C=O) groups is 2. The van der Waals surface area contributed by atoms with Crippen LogP contribution in [0.5, 0.6) is 0 Å². The zero-order valence-electron chi connectivity index (χ0n) is 20.0. The van der Waals surface area contributed by atoms with Crippen LogP contribution in [0, 0.1) is 45.3 Å². The molecule has 0 spiro atoms. The molecule has 7 heteroatoms. The average molecular weight is 656 g/mol. The van der Waals surface area contributed by atoms with Crippen LogP contribution in [0.25, 0.3) is 0 Å². The molecule has 0 saturated heterocycles. The third-order valence-electron chi connectivity index (χ3n) is 3.61. The first-order valence-electron chi connectivity index (χ1n) is 10.1. The predicted molar refractivity (Wildman–Crippen MR) is 139 cm³/mol. The third kappa shape index (κ3) is 21.2. The van der Waals surface area contributed by atoms with Crippen LogP contribution < -0.4 is 0 Å². The summed E-state index contributed by atoms with van der Waals surface area (Å²) in [6, 6.07) is 44.7. The summed E-state index contributed by atoms with van der Waals surface area (Å²) in [6.45, 7) is 4.00. The Balaban J connectivity index is -0.000000395. The molecular formula is C30H24N4O2W. The van der Waals surface area contributed by atoms with Gasteiger partial charge in [-0.15, -0.1) is 0 Å². The van der Waals surface area contributed by atoms with Gasteiger partial charge in [0.25, 0.3) is 0 Å². The Morgan fingerprint density at radius 1 is 0.351 bits per heavy atom. The molecule has 182 valence electrons. The van der Waals surface area contributed by atoms with Gasteiger partial charge in [-0.3, -0.25) is 0 Å². The van der Waals surface area contributed by atoms with Crippen molar-refractivity contribution in [2.75, 3.05) is 0 Å². The standard InChI is InChI=1S/4C7H5N.2CH2O.W/c4*8-6-7-4-2-1-3-5-7;2*1-2;/h4*1-5H;2*1H2;. The molecule has 0 heterocycles. The molecule has 0 aliphatic carbocycles. The fraction of sp³-hybridized carbons (Fsp3) is 0. The topological polar surface area (TPSA) is 129 Å². The van der Waals surface area contributed by atoms with Crippen LogP contribution in [0.2, 0.25) is 0 Å². The fourth-order valence-electron chi connectivity index (χ4n) is 2.05. The van der Waals surface area contributed by atoms with E-state index < -0.39 is 0 Å². The van der Waals surface area contributed by atoms with E-state index in [1.807, 2.05) is 111 Å². The van der Waals surface area contributed by atoms with Crippen molar-refractivity contribution in [3.8, 4) is 24.3 Å². The number of hydrogen-bond donors (Lipinski definition) is 0. The van der Waals surface area contributed by atoms with Crippen molar-refractivity contribution in [1.82, 2.24) is 0 Å². The summed E-state index contributed by atoms with van der Waals surface area (Å²) in [6.07, 6.45) is 0. The van der Waals surface area contributed by atoms with E-state index in [-0.39, 0.29) is 21.1 Å². The van der Waals surface area contributed by atoms with Crippen LogP contribution in [0.1, 0.15) is 22.3 Å². The average Bonchev–Trinajstić information content (AvgIpc) is 3.01. The van der Waals surface area contributed by atoms with E-state index in [2.05, 4.69) is 0 Å². The molecule has 0 saturated carbocycles. The van der Waals surface area contributed by atoms with Crippen molar-refractivity contribution in [2.24, 2.45) is 0 Å². The molecule has 0 aromatic heterocycles. The summed E-state index contributed by atoms with van der Waals surface area (Å²) in [4.78, 5) is 16.0. The molecule has 0 radical (unpaired) electrons. The maximum Gasteiger partial charge on any atom is 0.106 e. The molecule has 0 unspecified atom stereocenters. The minimum atomic E-state index is 0. The predicted octanol–water partition coefficient (Wildman–Crippen LogP) is 5.86. The van der Waals surface area contributed by atoms with Gasteiger partial charge in [0.15, 0.2) is 0 Å². The molecule has 4 rings (SSSR count). The Labute approximate surface area is 232 Å². The van der Waals surface area contributed by atoms with Crippen LogP contribution in [-0.4, -0.2) is 13.6 Å². The van der Waals surface area contributed by atoms with E-state index in [1.165, 1.54) is 0 Å². The summed E-state index contributed by atoms with van der Waals surface area (Å²) < 4.78 is 0. The van der Waals surface area contributed by atoms with Gasteiger partial charge in [-0.05, 0) is 48.5 Å². The van der Waals surface area contributed by atoms with E-state index in [0.29, 0.717) is 22.3 Å². The Morgan fingerprint density at radius 3 is 0.568 bits per heavy atom. The number of carbonyl (C=O) groups excluding carboxylic acids is 2. The molecule has 6 nitrogen and oxygen atoms in total. The molecule has 0 amide bonds. The molecule has 0 bridgehead atoms. The van der Waals surface area contributed by atoms with Gasteiger partial charge >= 0.3 is 0 Å². The third-order valence-corrected chi connectivity index (χ3v) is 3.61. The summed E-state index contributed by atoms with van der Waals surface area (Å²) in [5, 5.41) is 33.2. The second kappa shape index (κ2) is 28.9. The second-order valence-electron chi connectivity index (χ2n) is 5.91. The van der Waals surface area contributed by atoms with Crippen molar-refractivity contribution < 1.29 is 30.7 Å². The molecule has 0 aliphatic rings. The van der Waals surface area contributed by atoms with Gasteiger partial charge in [-0.25, -0.2) is 0 Å². The minimum Gasteiger partial charge on any atom is -0.307 e. The van der Waals surface area contributed by atoms with Crippen LogP contribution in [0.15, 0.2) is 121 Å². The molecule has 4 aromatic rings. The first kappa shape index (κ1) is 36.4. The second-order valence-corrected chi connectivity index (χ2v) is 5.91. The van der Waals surface area contributed by atoms with Crippen LogP contribution in [0.4, 0.5) is 0 Å². The molecular weight excluding hydrogens is 632 g/mol. The van der Waals surface area contributed by atoms with Gasteiger partial charge < -0.3 is 9.59 Å². The van der Waals surface area contributed by atoms with Gasteiger partial charge in [0, 0.05) is 21.1 Å². The van der Waals surface area contributed by atoms with Crippen molar-refractivity contribution in [3.63, 3.8) is 0 Å². The largest absolute Gasteiger partial charge is 0.307 e. The van der Waals surface area contributed by atoms with E-state index in [0.717, 1.165) is 0 Å². The van der Waals surface area contributed by atoms with Gasteiger partial charge in [-0.2, -0.15) is 21.0 Å².